The Hall–Kier alpha value is -3.28. The number of nitrogens with zero attached hydrogens (tertiary/aromatic N) is 2. The average molecular weight is 377 g/mol. The zero-order valence-electron chi connectivity index (χ0n) is 16.2. The molecule has 28 heavy (non-hydrogen) atoms. The first-order chi connectivity index (χ1) is 13.4. The molecule has 1 aliphatic rings. The molecule has 1 N–H and O–H groups in total. The van der Waals surface area contributed by atoms with E-state index in [2.05, 4.69) is 26.1 Å². The summed E-state index contributed by atoms with van der Waals surface area (Å²) < 4.78 is 12.7. The van der Waals surface area contributed by atoms with Gasteiger partial charge in [0.15, 0.2) is 11.5 Å². The lowest BCUT2D eigenvalue weighted by Gasteiger charge is -2.14. The minimum absolute atomic E-state index is 0.125. The topological polar surface area (TPSA) is 65.4 Å². The number of nitrogens with one attached hydrogen (secondary N) is 1. The molecule has 144 valence electrons. The van der Waals surface area contributed by atoms with Gasteiger partial charge in [0.1, 0.15) is 5.82 Å². The predicted molar refractivity (Wildman–Crippen MR) is 107 cm³/mol. The van der Waals surface area contributed by atoms with Crippen LogP contribution in [-0.2, 0) is 12.0 Å². The van der Waals surface area contributed by atoms with Gasteiger partial charge in [0.25, 0.3) is 5.91 Å². The molecular weight excluding hydrogens is 354 g/mol. The normalized spacial score (nSPS) is 12.8. The van der Waals surface area contributed by atoms with E-state index in [1.165, 1.54) is 0 Å². The lowest BCUT2D eigenvalue weighted by molar-refractivity contribution is 0.102. The van der Waals surface area contributed by atoms with Crippen LogP contribution in [0, 0.1) is 0 Å². The van der Waals surface area contributed by atoms with Crippen molar-refractivity contribution in [3.8, 4) is 11.5 Å². The van der Waals surface area contributed by atoms with Gasteiger partial charge in [-0.05, 0) is 17.7 Å². The summed E-state index contributed by atoms with van der Waals surface area (Å²) in [5, 5.41) is 7.74. The average Bonchev–Trinajstić information content (AvgIpc) is 3.29. The zero-order chi connectivity index (χ0) is 19.7. The number of carbonyl (C=O) groups is 1. The molecule has 1 amide bonds. The van der Waals surface area contributed by atoms with Gasteiger partial charge in [-0.1, -0.05) is 57.2 Å². The summed E-state index contributed by atoms with van der Waals surface area (Å²) in [5.74, 6) is 1.46. The Balaban J connectivity index is 1.66. The van der Waals surface area contributed by atoms with Crippen LogP contribution in [0.5, 0.6) is 11.5 Å². The van der Waals surface area contributed by atoms with Crippen molar-refractivity contribution in [2.75, 3.05) is 12.1 Å². The van der Waals surface area contributed by atoms with Crippen LogP contribution < -0.4 is 14.8 Å². The number of benzene rings is 2. The van der Waals surface area contributed by atoms with Crippen molar-refractivity contribution in [1.82, 2.24) is 9.78 Å². The van der Waals surface area contributed by atoms with E-state index in [4.69, 9.17) is 14.6 Å². The zero-order valence-corrected chi connectivity index (χ0v) is 16.2. The summed E-state index contributed by atoms with van der Waals surface area (Å²) in [5.41, 5.74) is 2.34. The highest BCUT2D eigenvalue weighted by atomic mass is 16.7. The number of rotatable bonds is 4. The first-order valence-corrected chi connectivity index (χ1v) is 9.24. The van der Waals surface area contributed by atoms with Gasteiger partial charge < -0.3 is 14.8 Å². The third-order valence-electron chi connectivity index (χ3n) is 4.61. The molecule has 0 fully saturated rings. The molecule has 0 unspecified atom stereocenters. The molecule has 2 aromatic carbocycles. The van der Waals surface area contributed by atoms with Crippen LogP contribution in [0.1, 0.15) is 42.4 Å². The van der Waals surface area contributed by atoms with E-state index in [0.29, 0.717) is 29.4 Å². The van der Waals surface area contributed by atoms with Crippen LogP contribution >= 0.6 is 0 Å². The van der Waals surface area contributed by atoms with Crippen molar-refractivity contribution in [1.29, 1.82) is 0 Å². The van der Waals surface area contributed by atoms with Gasteiger partial charge in [-0.3, -0.25) is 4.79 Å². The van der Waals surface area contributed by atoms with Crippen LogP contribution in [0.15, 0.2) is 54.6 Å². The van der Waals surface area contributed by atoms with Crippen molar-refractivity contribution in [3.05, 3.63) is 71.4 Å². The molecule has 1 aromatic heterocycles. The van der Waals surface area contributed by atoms with E-state index in [-0.39, 0.29) is 18.1 Å². The van der Waals surface area contributed by atoms with Crippen LogP contribution in [0.25, 0.3) is 0 Å². The van der Waals surface area contributed by atoms with Crippen molar-refractivity contribution in [2.24, 2.45) is 0 Å². The van der Waals surface area contributed by atoms with E-state index in [1.54, 1.807) is 18.2 Å². The van der Waals surface area contributed by atoms with Gasteiger partial charge in [0.05, 0.1) is 17.8 Å². The quantitative estimate of drug-likeness (QED) is 0.740. The maximum atomic E-state index is 12.9. The molecule has 3 aromatic rings. The lowest BCUT2D eigenvalue weighted by atomic mass is 9.92. The molecular formula is C22H23N3O3. The standard InChI is InChI=1S/C22H23N3O3/c1-22(2,3)18-12-19(25(24-18)13-15-8-5-4-6-9-15)23-21(26)16-10-7-11-17-20(16)28-14-27-17/h4-12H,13-14H2,1-3H3,(H,23,26). The summed E-state index contributed by atoms with van der Waals surface area (Å²) in [6.45, 7) is 6.99. The molecule has 6 nitrogen and oxygen atoms in total. The number of aromatic nitrogens is 2. The van der Waals surface area contributed by atoms with Crippen molar-refractivity contribution in [3.63, 3.8) is 0 Å². The van der Waals surface area contributed by atoms with Crippen LogP contribution in [0.2, 0.25) is 0 Å². The molecule has 4 rings (SSSR count). The summed E-state index contributed by atoms with van der Waals surface area (Å²) in [4.78, 5) is 12.9. The third-order valence-corrected chi connectivity index (χ3v) is 4.61. The van der Waals surface area contributed by atoms with Crippen molar-refractivity contribution in [2.45, 2.75) is 32.7 Å². The van der Waals surface area contributed by atoms with E-state index in [0.717, 1.165) is 11.3 Å². The Bertz CT molecular complexity index is 1000. The second-order valence-corrected chi connectivity index (χ2v) is 7.80. The number of amides is 1. The molecule has 0 saturated carbocycles. The van der Waals surface area contributed by atoms with E-state index in [9.17, 15) is 4.79 Å². The number of ether oxygens (including phenoxy) is 2. The maximum absolute atomic E-state index is 12.9. The molecule has 0 spiro atoms. The number of hydrogen-bond acceptors (Lipinski definition) is 4. The minimum Gasteiger partial charge on any atom is -0.454 e. The van der Waals surface area contributed by atoms with Gasteiger partial charge in [0.2, 0.25) is 6.79 Å². The highest BCUT2D eigenvalue weighted by Crippen LogP contribution is 2.35. The largest absolute Gasteiger partial charge is 0.454 e. The monoisotopic (exact) mass is 377 g/mol. The Morgan fingerprint density at radius 1 is 1.11 bits per heavy atom. The highest BCUT2D eigenvalue weighted by Gasteiger charge is 2.24. The summed E-state index contributed by atoms with van der Waals surface area (Å²) in [7, 11) is 0. The Morgan fingerprint density at radius 3 is 2.64 bits per heavy atom. The lowest BCUT2D eigenvalue weighted by Crippen LogP contribution is -2.17. The molecule has 0 aliphatic carbocycles. The SMILES string of the molecule is CC(C)(C)c1cc(NC(=O)c2cccc3c2OCO3)n(Cc2ccccc2)n1. The molecule has 0 bridgehead atoms. The van der Waals surface area contributed by atoms with Gasteiger partial charge >= 0.3 is 0 Å². The second kappa shape index (κ2) is 7.03. The minimum atomic E-state index is -0.253. The van der Waals surface area contributed by atoms with Gasteiger partial charge in [-0.2, -0.15) is 5.10 Å². The van der Waals surface area contributed by atoms with E-state index < -0.39 is 0 Å². The third kappa shape index (κ3) is 3.58. The number of para-hydroxylation sites is 1. The molecule has 2 heterocycles. The van der Waals surface area contributed by atoms with E-state index in [1.807, 2.05) is 41.1 Å². The molecule has 6 heteroatoms. The van der Waals surface area contributed by atoms with Crippen molar-refractivity contribution < 1.29 is 14.3 Å². The highest BCUT2D eigenvalue weighted by molar-refractivity contribution is 6.06. The van der Waals surface area contributed by atoms with Gasteiger partial charge in [0, 0.05) is 11.5 Å². The summed E-state index contributed by atoms with van der Waals surface area (Å²) >= 11 is 0. The first-order valence-electron chi connectivity index (χ1n) is 9.24. The van der Waals surface area contributed by atoms with Crippen molar-refractivity contribution >= 4 is 11.7 Å². The fraction of sp³-hybridized carbons (Fsp3) is 0.273. The number of hydrogen-bond donors (Lipinski definition) is 1. The van der Waals surface area contributed by atoms with Crippen LogP contribution in [0.3, 0.4) is 0 Å². The molecule has 0 saturated heterocycles. The summed E-state index contributed by atoms with van der Waals surface area (Å²) in [6, 6.07) is 17.3. The second-order valence-electron chi connectivity index (χ2n) is 7.80. The van der Waals surface area contributed by atoms with Gasteiger partial charge in [-0.15, -0.1) is 0 Å². The fourth-order valence-corrected chi connectivity index (χ4v) is 3.05. The van der Waals surface area contributed by atoms with Crippen LogP contribution in [0.4, 0.5) is 5.82 Å². The maximum Gasteiger partial charge on any atom is 0.260 e. The Kier molecular flexibility index (Phi) is 4.55. The van der Waals surface area contributed by atoms with E-state index >= 15 is 0 Å². The first kappa shape index (κ1) is 18.1. The van der Waals surface area contributed by atoms with Crippen LogP contribution in [-0.4, -0.2) is 22.5 Å². The van der Waals surface area contributed by atoms with Gasteiger partial charge in [-0.25, -0.2) is 4.68 Å². The number of anilines is 1. The molecule has 1 aliphatic heterocycles. The molecule has 0 atom stereocenters. The fourth-order valence-electron chi connectivity index (χ4n) is 3.05. The Morgan fingerprint density at radius 2 is 1.89 bits per heavy atom. The number of carbonyl (C=O) groups excluding carboxylic acids is 1. The smallest absolute Gasteiger partial charge is 0.260 e. The Labute approximate surface area is 164 Å². The predicted octanol–water partition coefficient (Wildman–Crippen LogP) is 4.21. The summed E-state index contributed by atoms with van der Waals surface area (Å²) in [6.07, 6.45) is 0. The number of fused-ring (bicyclic) bond motifs is 1. The molecule has 0 radical (unpaired) electrons.